The number of thioether (sulfide) groups is 1. The van der Waals surface area contributed by atoms with Gasteiger partial charge in [-0.3, -0.25) is 9.59 Å². The maximum Gasteiger partial charge on any atom is 0.353 e. The van der Waals surface area contributed by atoms with Crippen LogP contribution >= 0.6 is 11.8 Å². The largest absolute Gasteiger partial charge is 0.477 e. The molecule has 2 saturated heterocycles. The highest BCUT2D eigenvalue weighted by atomic mass is 32.2. The molecular weight excluding hydrogens is 384 g/mol. The monoisotopic (exact) mass is 402 g/mol. The SMILES string of the molecule is CC(=O)N/C=C/SC1=C(C(=O)O)N2C(=O)C(C3(O)CCS(=O)(=O)C3)[C@H]2C1. The van der Waals surface area contributed by atoms with Crippen molar-refractivity contribution in [3.05, 3.63) is 22.2 Å². The number of rotatable bonds is 5. The minimum Gasteiger partial charge on any atom is -0.477 e. The van der Waals surface area contributed by atoms with Crippen molar-refractivity contribution in [1.29, 1.82) is 0 Å². The van der Waals surface area contributed by atoms with Crippen LogP contribution in [0.15, 0.2) is 22.2 Å². The Balaban J connectivity index is 1.79. The fraction of sp³-hybridized carbons (Fsp3) is 0.533. The average Bonchev–Trinajstić information content (AvgIpc) is 2.98. The first-order chi connectivity index (χ1) is 12.1. The molecule has 0 aromatic rings. The van der Waals surface area contributed by atoms with Gasteiger partial charge < -0.3 is 20.4 Å². The van der Waals surface area contributed by atoms with Gasteiger partial charge in [0.05, 0.1) is 29.1 Å². The number of hydrogen-bond acceptors (Lipinski definition) is 7. The van der Waals surface area contributed by atoms with E-state index in [1.165, 1.54) is 18.5 Å². The van der Waals surface area contributed by atoms with Gasteiger partial charge in [-0.1, -0.05) is 11.8 Å². The third-order valence-corrected chi connectivity index (χ3v) is 7.46. The molecule has 142 valence electrons. The molecule has 3 rings (SSSR count). The van der Waals surface area contributed by atoms with E-state index in [-0.39, 0.29) is 30.2 Å². The molecule has 11 heteroatoms. The van der Waals surface area contributed by atoms with Crippen molar-refractivity contribution in [2.75, 3.05) is 11.5 Å². The maximum atomic E-state index is 12.5. The molecular formula is C15H18N2O7S2. The van der Waals surface area contributed by atoms with Crippen molar-refractivity contribution < 1.29 is 33.0 Å². The zero-order valence-corrected chi connectivity index (χ0v) is 15.5. The number of hydrogen-bond donors (Lipinski definition) is 3. The number of carbonyl (C=O) groups is 3. The Labute approximate surface area is 154 Å². The molecule has 26 heavy (non-hydrogen) atoms. The molecule has 0 spiro atoms. The molecule has 2 fully saturated rings. The summed E-state index contributed by atoms with van der Waals surface area (Å²) >= 11 is 1.07. The van der Waals surface area contributed by atoms with E-state index >= 15 is 0 Å². The number of carboxylic acid groups (broad SMARTS) is 1. The molecule has 3 aliphatic heterocycles. The van der Waals surface area contributed by atoms with E-state index in [4.69, 9.17) is 0 Å². The van der Waals surface area contributed by atoms with Crippen LogP contribution in [0.3, 0.4) is 0 Å². The molecule has 9 nitrogen and oxygen atoms in total. The van der Waals surface area contributed by atoms with Crippen LogP contribution in [0, 0.1) is 5.92 Å². The molecule has 0 bridgehead atoms. The standard InChI is InChI=1S/C15H18N2O7S2/c1-8(18)16-3-4-25-10-6-9-11(13(19)17(9)12(10)14(20)21)15(22)2-5-26(23,24)7-15/h3-4,9,11,22H,2,5-7H2,1H3,(H,16,18)(H,20,21)/b4-3+/t9-,11?,15?/m1/s1. The Bertz CT molecular complexity index is 848. The van der Waals surface area contributed by atoms with Gasteiger partial charge in [-0.15, -0.1) is 0 Å². The van der Waals surface area contributed by atoms with Crippen molar-refractivity contribution in [2.24, 2.45) is 5.92 Å². The Morgan fingerprint density at radius 2 is 2.12 bits per heavy atom. The number of carboxylic acids is 1. The molecule has 3 atom stereocenters. The van der Waals surface area contributed by atoms with Gasteiger partial charge in [0.2, 0.25) is 11.8 Å². The van der Waals surface area contributed by atoms with Crippen LogP contribution in [0.5, 0.6) is 0 Å². The number of amides is 2. The third-order valence-electron chi connectivity index (χ3n) is 4.78. The topological polar surface area (TPSA) is 141 Å². The molecule has 3 aliphatic rings. The lowest BCUT2D eigenvalue weighted by atomic mass is 9.74. The van der Waals surface area contributed by atoms with Gasteiger partial charge >= 0.3 is 5.97 Å². The van der Waals surface area contributed by atoms with Crippen LogP contribution in [0.2, 0.25) is 0 Å². The van der Waals surface area contributed by atoms with Gasteiger partial charge in [-0.25, -0.2) is 13.2 Å². The predicted octanol–water partition coefficient (Wildman–Crippen LogP) is -0.597. The van der Waals surface area contributed by atoms with Gasteiger partial charge in [0.1, 0.15) is 5.70 Å². The van der Waals surface area contributed by atoms with E-state index < -0.39 is 45.0 Å². The lowest BCUT2D eigenvalue weighted by molar-refractivity contribution is -0.170. The molecule has 0 saturated carbocycles. The fourth-order valence-electron chi connectivity index (χ4n) is 3.74. The minimum atomic E-state index is -3.40. The molecule has 0 aromatic heterocycles. The Kier molecular flexibility index (Phi) is 4.65. The van der Waals surface area contributed by atoms with E-state index in [1.807, 2.05) is 0 Å². The molecule has 0 radical (unpaired) electrons. The molecule has 0 aliphatic carbocycles. The van der Waals surface area contributed by atoms with Gasteiger partial charge in [0.15, 0.2) is 9.84 Å². The Morgan fingerprint density at radius 3 is 2.65 bits per heavy atom. The zero-order chi connectivity index (χ0) is 19.3. The van der Waals surface area contributed by atoms with E-state index in [1.54, 1.807) is 0 Å². The molecule has 2 unspecified atom stereocenters. The molecule has 2 amide bonds. The van der Waals surface area contributed by atoms with Crippen molar-refractivity contribution in [2.45, 2.75) is 31.4 Å². The highest BCUT2D eigenvalue weighted by molar-refractivity contribution is 8.05. The van der Waals surface area contributed by atoms with Gasteiger partial charge in [0, 0.05) is 24.4 Å². The van der Waals surface area contributed by atoms with Crippen LogP contribution in [0.1, 0.15) is 19.8 Å². The van der Waals surface area contributed by atoms with Gasteiger partial charge in [-0.2, -0.15) is 0 Å². The van der Waals surface area contributed by atoms with Gasteiger partial charge in [0.25, 0.3) is 0 Å². The Morgan fingerprint density at radius 1 is 1.42 bits per heavy atom. The van der Waals surface area contributed by atoms with E-state index in [9.17, 15) is 33.0 Å². The lowest BCUT2D eigenvalue weighted by Gasteiger charge is -2.49. The highest BCUT2D eigenvalue weighted by Crippen LogP contribution is 2.51. The number of carbonyl (C=O) groups excluding carboxylic acids is 2. The summed E-state index contributed by atoms with van der Waals surface area (Å²) in [6.45, 7) is 1.33. The normalized spacial score (nSPS) is 32.7. The first-order valence-electron chi connectivity index (χ1n) is 7.87. The first-order valence-corrected chi connectivity index (χ1v) is 10.6. The smallest absolute Gasteiger partial charge is 0.353 e. The van der Waals surface area contributed by atoms with Crippen LogP contribution in [0.4, 0.5) is 0 Å². The van der Waals surface area contributed by atoms with Crippen LogP contribution in [0.25, 0.3) is 0 Å². The second kappa shape index (κ2) is 6.39. The van der Waals surface area contributed by atoms with Crippen molar-refractivity contribution >= 4 is 39.4 Å². The quantitative estimate of drug-likeness (QED) is 0.518. The summed E-state index contributed by atoms with van der Waals surface area (Å²) in [6, 6.07) is -0.566. The number of sulfone groups is 1. The zero-order valence-electron chi connectivity index (χ0n) is 13.8. The van der Waals surface area contributed by atoms with E-state index in [0.717, 1.165) is 16.7 Å². The number of nitrogens with zero attached hydrogens (tertiary/aromatic N) is 1. The molecule has 3 heterocycles. The molecule has 3 N–H and O–H groups in total. The van der Waals surface area contributed by atoms with E-state index in [2.05, 4.69) is 5.32 Å². The lowest BCUT2D eigenvalue weighted by Crippen LogP contribution is -2.67. The average molecular weight is 402 g/mol. The van der Waals surface area contributed by atoms with Crippen molar-refractivity contribution in [3.63, 3.8) is 0 Å². The summed E-state index contributed by atoms with van der Waals surface area (Å²) in [5, 5.41) is 24.1. The van der Waals surface area contributed by atoms with Gasteiger partial charge in [-0.05, 0) is 11.8 Å². The summed E-state index contributed by atoms with van der Waals surface area (Å²) in [5.41, 5.74) is -1.80. The number of fused-ring (bicyclic) bond motifs is 1. The number of aliphatic carboxylic acids is 1. The summed E-state index contributed by atoms with van der Waals surface area (Å²) in [7, 11) is -3.40. The van der Waals surface area contributed by atoms with Crippen molar-refractivity contribution in [1.82, 2.24) is 10.2 Å². The Hall–Kier alpha value is -1.85. The van der Waals surface area contributed by atoms with Crippen LogP contribution in [-0.4, -0.2) is 64.5 Å². The summed E-state index contributed by atoms with van der Waals surface area (Å²) in [5.74, 6) is -3.68. The second-order valence-corrected chi connectivity index (χ2v) is 9.79. The van der Waals surface area contributed by atoms with Crippen molar-refractivity contribution in [3.8, 4) is 0 Å². The minimum absolute atomic E-state index is 0.0244. The second-order valence-electron chi connectivity index (χ2n) is 6.60. The van der Waals surface area contributed by atoms with E-state index in [0.29, 0.717) is 4.91 Å². The number of β-lactam (4-membered cyclic amide) rings is 1. The maximum absolute atomic E-state index is 12.5. The summed E-state index contributed by atoms with van der Waals surface area (Å²) in [4.78, 5) is 36.5. The first kappa shape index (κ1) is 18.9. The third kappa shape index (κ3) is 3.14. The summed E-state index contributed by atoms with van der Waals surface area (Å²) in [6.07, 6.45) is 1.56. The highest BCUT2D eigenvalue weighted by Gasteiger charge is 2.64. The van der Waals surface area contributed by atoms with Crippen LogP contribution in [-0.2, 0) is 24.2 Å². The number of nitrogens with one attached hydrogen (secondary N) is 1. The summed E-state index contributed by atoms with van der Waals surface area (Å²) < 4.78 is 23.4. The number of aliphatic hydroxyl groups is 1. The predicted molar refractivity (Wildman–Crippen MR) is 92.2 cm³/mol. The fourth-order valence-corrected chi connectivity index (χ4v) is 6.49. The molecule has 0 aromatic carbocycles. The van der Waals surface area contributed by atoms with Crippen LogP contribution < -0.4 is 5.32 Å².